The summed E-state index contributed by atoms with van der Waals surface area (Å²) in [5, 5.41) is 5.31. The number of hydrogen-bond acceptors (Lipinski definition) is 6. The van der Waals surface area contributed by atoms with Crippen LogP contribution in [0.2, 0.25) is 0 Å². The lowest BCUT2D eigenvalue weighted by molar-refractivity contribution is 0.0300. The van der Waals surface area contributed by atoms with Gasteiger partial charge >= 0.3 is 0 Å². The predicted molar refractivity (Wildman–Crippen MR) is 119 cm³/mol. The Morgan fingerprint density at radius 1 is 1.25 bits per heavy atom. The van der Waals surface area contributed by atoms with Crippen molar-refractivity contribution in [3.63, 3.8) is 0 Å². The number of nitrogens with zero attached hydrogens (tertiary/aromatic N) is 4. The van der Waals surface area contributed by atoms with Gasteiger partial charge in [0.15, 0.2) is 5.82 Å². The Balaban J connectivity index is 1.56. The highest BCUT2D eigenvalue weighted by molar-refractivity contribution is 6.06. The molecule has 0 saturated carbocycles. The van der Waals surface area contributed by atoms with Crippen molar-refractivity contribution in [2.45, 2.75) is 19.9 Å². The molecule has 0 unspecified atom stereocenters. The van der Waals surface area contributed by atoms with Gasteiger partial charge in [-0.25, -0.2) is 19.3 Å². The highest BCUT2D eigenvalue weighted by atomic mass is 19.1. The molecule has 3 aromatic heterocycles. The standard InChI is InChI=1S/C23H23FN6O2/c1-13-4-3-5-15-10-17(29-20(18(13)15)23(31)30-6-8-32-9-7-30)14(2)28-22-19-16(24)11-25-21(19)26-12-27-22/h3-5,10-12,14H,6-9H2,1-2H3,(H2,25,26,27,28)/t14-/m0/s1. The van der Waals surface area contributed by atoms with Gasteiger partial charge in [0, 0.05) is 24.7 Å². The van der Waals surface area contributed by atoms with Crippen LogP contribution >= 0.6 is 0 Å². The molecule has 8 nitrogen and oxygen atoms in total. The third kappa shape index (κ3) is 3.54. The van der Waals surface area contributed by atoms with E-state index in [1.54, 1.807) is 4.90 Å². The van der Waals surface area contributed by atoms with E-state index in [0.29, 0.717) is 54.5 Å². The molecular weight excluding hydrogens is 411 g/mol. The predicted octanol–water partition coefficient (Wildman–Crippen LogP) is 3.60. The van der Waals surface area contributed by atoms with Crippen LogP contribution in [0.5, 0.6) is 0 Å². The molecule has 1 fully saturated rings. The van der Waals surface area contributed by atoms with Crippen LogP contribution in [0.1, 0.15) is 34.7 Å². The summed E-state index contributed by atoms with van der Waals surface area (Å²) in [7, 11) is 0. The minimum atomic E-state index is -0.430. The molecule has 4 heterocycles. The van der Waals surface area contributed by atoms with Gasteiger partial charge in [-0.2, -0.15) is 0 Å². The number of fused-ring (bicyclic) bond motifs is 2. The maximum absolute atomic E-state index is 14.3. The number of carbonyl (C=O) groups is 1. The molecule has 4 aromatic rings. The number of aryl methyl sites for hydroxylation is 1. The van der Waals surface area contributed by atoms with Crippen molar-refractivity contribution in [1.29, 1.82) is 0 Å². The number of hydrogen-bond donors (Lipinski definition) is 2. The number of aromatic nitrogens is 4. The summed E-state index contributed by atoms with van der Waals surface area (Å²) in [6.07, 6.45) is 2.63. The second kappa shape index (κ2) is 8.16. The Hall–Kier alpha value is -3.59. The van der Waals surface area contributed by atoms with Crippen molar-refractivity contribution in [3.8, 4) is 0 Å². The van der Waals surface area contributed by atoms with E-state index in [-0.39, 0.29) is 11.9 Å². The SMILES string of the molecule is Cc1cccc2cc([C@H](C)Nc3ncnc4[nH]cc(F)c34)nc(C(=O)N3CCOCC3)c12. The van der Waals surface area contributed by atoms with Gasteiger partial charge in [0.2, 0.25) is 0 Å². The van der Waals surface area contributed by atoms with Crippen molar-refractivity contribution >= 4 is 33.5 Å². The summed E-state index contributed by atoms with van der Waals surface area (Å²) in [5.41, 5.74) is 2.50. The second-order valence-corrected chi connectivity index (χ2v) is 7.92. The molecule has 0 spiro atoms. The molecule has 2 N–H and O–H groups in total. The fourth-order valence-electron chi connectivity index (χ4n) is 4.12. The molecular formula is C23H23FN6O2. The Morgan fingerprint density at radius 3 is 2.88 bits per heavy atom. The summed E-state index contributed by atoms with van der Waals surface area (Å²) >= 11 is 0. The van der Waals surface area contributed by atoms with Crippen LogP contribution in [0.3, 0.4) is 0 Å². The Kier molecular flexibility index (Phi) is 5.18. The molecule has 5 rings (SSSR count). The Morgan fingerprint density at radius 2 is 2.06 bits per heavy atom. The molecule has 0 bridgehead atoms. The van der Waals surface area contributed by atoms with E-state index in [1.165, 1.54) is 12.5 Å². The second-order valence-electron chi connectivity index (χ2n) is 7.92. The van der Waals surface area contributed by atoms with Crippen LogP contribution < -0.4 is 5.32 Å². The third-order valence-electron chi connectivity index (χ3n) is 5.81. The van der Waals surface area contributed by atoms with Gasteiger partial charge in [-0.1, -0.05) is 18.2 Å². The Labute approximate surface area is 183 Å². The fourth-order valence-corrected chi connectivity index (χ4v) is 4.12. The summed E-state index contributed by atoms with van der Waals surface area (Å²) in [6.45, 7) is 6.01. The van der Waals surface area contributed by atoms with Gasteiger partial charge in [0.1, 0.15) is 23.5 Å². The Bertz CT molecular complexity index is 1310. The zero-order valence-electron chi connectivity index (χ0n) is 17.9. The minimum absolute atomic E-state index is 0.109. The smallest absolute Gasteiger partial charge is 0.273 e. The molecule has 1 saturated heterocycles. The maximum atomic E-state index is 14.3. The van der Waals surface area contributed by atoms with E-state index in [4.69, 9.17) is 9.72 Å². The monoisotopic (exact) mass is 434 g/mol. The molecule has 1 aliphatic rings. The van der Waals surface area contributed by atoms with E-state index in [0.717, 1.165) is 16.3 Å². The van der Waals surface area contributed by atoms with Crippen molar-refractivity contribution < 1.29 is 13.9 Å². The number of morpholine rings is 1. The zero-order chi connectivity index (χ0) is 22.2. The minimum Gasteiger partial charge on any atom is -0.378 e. The van der Waals surface area contributed by atoms with Crippen LogP contribution in [-0.4, -0.2) is 57.0 Å². The van der Waals surface area contributed by atoms with Crippen LogP contribution in [-0.2, 0) is 4.74 Å². The van der Waals surface area contributed by atoms with E-state index < -0.39 is 5.82 Å². The number of nitrogens with one attached hydrogen (secondary N) is 2. The number of amides is 1. The highest BCUT2D eigenvalue weighted by Crippen LogP contribution is 2.29. The number of halogens is 1. The van der Waals surface area contributed by atoms with E-state index >= 15 is 0 Å². The number of H-pyrrole nitrogens is 1. The van der Waals surface area contributed by atoms with Crippen molar-refractivity contribution in [3.05, 3.63) is 59.6 Å². The van der Waals surface area contributed by atoms with Gasteiger partial charge in [-0.15, -0.1) is 0 Å². The number of rotatable bonds is 4. The number of benzene rings is 1. The molecule has 0 radical (unpaired) electrons. The number of ether oxygens (including phenoxy) is 1. The van der Waals surface area contributed by atoms with Crippen LogP contribution in [0.25, 0.3) is 21.8 Å². The molecule has 1 atom stereocenters. The number of pyridine rings is 1. The lowest BCUT2D eigenvalue weighted by atomic mass is 10.0. The van der Waals surface area contributed by atoms with Crippen LogP contribution in [0.15, 0.2) is 36.8 Å². The third-order valence-corrected chi connectivity index (χ3v) is 5.81. The van der Waals surface area contributed by atoms with Crippen molar-refractivity contribution in [2.75, 3.05) is 31.6 Å². The van der Waals surface area contributed by atoms with Gasteiger partial charge < -0.3 is 19.9 Å². The zero-order valence-corrected chi connectivity index (χ0v) is 17.9. The fraction of sp³-hybridized carbons (Fsp3) is 0.304. The van der Waals surface area contributed by atoms with Crippen LogP contribution in [0, 0.1) is 12.7 Å². The normalized spacial score (nSPS) is 15.3. The maximum Gasteiger partial charge on any atom is 0.273 e. The van der Waals surface area contributed by atoms with Gasteiger partial charge in [0.05, 0.1) is 30.3 Å². The van der Waals surface area contributed by atoms with E-state index in [9.17, 15) is 9.18 Å². The first-order chi connectivity index (χ1) is 15.5. The molecule has 1 aromatic carbocycles. The first-order valence-electron chi connectivity index (χ1n) is 10.5. The molecule has 164 valence electrons. The average molecular weight is 434 g/mol. The quantitative estimate of drug-likeness (QED) is 0.510. The molecule has 1 amide bonds. The molecule has 9 heteroatoms. The lowest BCUT2D eigenvalue weighted by Crippen LogP contribution is -2.41. The van der Waals surface area contributed by atoms with Crippen LogP contribution in [0.4, 0.5) is 10.2 Å². The van der Waals surface area contributed by atoms with E-state index in [2.05, 4.69) is 20.3 Å². The number of aromatic amines is 1. The topological polar surface area (TPSA) is 96.0 Å². The number of carbonyl (C=O) groups excluding carboxylic acids is 1. The van der Waals surface area contributed by atoms with Crippen molar-refractivity contribution in [1.82, 2.24) is 24.8 Å². The summed E-state index contributed by atoms with van der Waals surface area (Å²) in [5.74, 6) is -0.170. The van der Waals surface area contributed by atoms with E-state index in [1.807, 2.05) is 38.1 Å². The lowest BCUT2D eigenvalue weighted by Gasteiger charge is -2.27. The first-order valence-corrected chi connectivity index (χ1v) is 10.5. The number of anilines is 1. The summed E-state index contributed by atoms with van der Waals surface area (Å²) in [4.78, 5) is 31.0. The molecule has 32 heavy (non-hydrogen) atoms. The summed E-state index contributed by atoms with van der Waals surface area (Å²) < 4.78 is 19.7. The highest BCUT2D eigenvalue weighted by Gasteiger charge is 2.24. The molecule has 0 aliphatic carbocycles. The van der Waals surface area contributed by atoms with Gasteiger partial charge in [0.25, 0.3) is 5.91 Å². The largest absolute Gasteiger partial charge is 0.378 e. The van der Waals surface area contributed by atoms with Gasteiger partial charge in [-0.05, 0) is 30.9 Å². The average Bonchev–Trinajstić information content (AvgIpc) is 3.20. The summed E-state index contributed by atoms with van der Waals surface area (Å²) in [6, 6.07) is 7.55. The van der Waals surface area contributed by atoms with Crippen molar-refractivity contribution in [2.24, 2.45) is 0 Å². The first kappa shape index (κ1) is 20.3. The van der Waals surface area contributed by atoms with Gasteiger partial charge in [-0.3, -0.25) is 4.79 Å². The molecule has 1 aliphatic heterocycles.